The monoisotopic (exact) mass is 526 g/mol. The SMILES string of the molecule is COCCN=C(NCCc1ccco1)NC1CCN(Cc2ccccc2)C(C)C1.I. The molecule has 2 atom stereocenters. The summed E-state index contributed by atoms with van der Waals surface area (Å²) in [6.45, 7) is 6.49. The number of ether oxygens (including phenoxy) is 1. The molecular formula is C23H35IN4O2. The summed E-state index contributed by atoms with van der Waals surface area (Å²) in [7, 11) is 1.71. The van der Waals surface area contributed by atoms with Crippen LogP contribution in [0.1, 0.15) is 31.1 Å². The van der Waals surface area contributed by atoms with Gasteiger partial charge >= 0.3 is 0 Å². The van der Waals surface area contributed by atoms with Crippen molar-refractivity contribution < 1.29 is 9.15 Å². The van der Waals surface area contributed by atoms with Crippen molar-refractivity contribution in [2.75, 3.05) is 33.4 Å². The Morgan fingerprint density at radius 2 is 2.07 bits per heavy atom. The van der Waals surface area contributed by atoms with Gasteiger partial charge in [-0.3, -0.25) is 9.89 Å². The van der Waals surface area contributed by atoms with Gasteiger partial charge in [-0.25, -0.2) is 0 Å². The molecule has 3 rings (SSSR count). The molecule has 166 valence electrons. The highest BCUT2D eigenvalue weighted by Gasteiger charge is 2.26. The van der Waals surface area contributed by atoms with Crippen LogP contribution in [0.2, 0.25) is 0 Å². The van der Waals surface area contributed by atoms with Crippen molar-refractivity contribution in [2.45, 2.75) is 44.8 Å². The van der Waals surface area contributed by atoms with Crippen LogP contribution in [-0.2, 0) is 17.7 Å². The first kappa shape index (κ1) is 24.7. The van der Waals surface area contributed by atoms with Crippen LogP contribution in [0.15, 0.2) is 58.1 Å². The topological polar surface area (TPSA) is 62.0 Å². The number of furan rings is 1. The number of rotatable bonds is 9. The van der Waals surface area contributed by atoms with Crippen molar-refractivity contribution in [2.24, 2.45) is 4.99 Å². The maximum Gasteiger partial charge on any atom is 0.191 e. The summed E-state index contributed by atoms with van der Waals surface area (Å²) in [4.78, 5) is 7.23. The highest BCUT2D eigenvalue weighted by Crippen LogP contribution is 2.19. The van der Waals surface area contributed by atoms with Crippen LogP contribution in [0.25, 0.3) is 0 Å². The minimum absolute atomic E-state index is 0. The highest BCUT2D eigenvalue weighted by molar-refractivity contribution is 14.0. The lowest BCUT2D eigenvalue weighted by Crippen LogP contribution is -2.51. The lowest BCUT2D eigenvalue weighted by molar-refractivity contribution is 0.134. The van der Waals surface area contributed by atoms with Crippen LogP contribution in [0, 0.1) is 0 Å². The maximum absolute atomic E-state index is 5.41. The normalized spacial score (nSPS) is 19.9. The number of benzene rings is 1. The van der Waals surface area contributed by atoms with Crippen molar-refractivity contribution >= 4 is 29.9 Å². The van der Waals surface area contributed by atoms with Gasteiger partial charge in [0.2, 0.25) is 0 Å². The Balaban J connectivity index is 0.00000320. The molecule has 0 bridgehead atoms. The summed E-state index contributed by atoms with van der Waals surface area (Å²) in [6, 6.07) is 15.6. The Morgan fingerprint density at radius 3 is 2.77 bits per heavy atom. The minimum atomic E-state index is 0. The Kier molecular flexibility index (Phi) is 11.2. The van der Waals surface area contributed by atoms with Crippen molar-refractivity contribution in [3.8, 4) is 0 Å². The molecule has 1 aromatic heterocycles. The van der Waals surface area contributed by atoms with E-state index in [0.717, 1.165) is 50.6 Å². The fourth-order valence-electron chi connectivity index (χ4n) is 3.76. The molecule has 1 aliphatic heterocycles. The second kappa shape index (κ2) is 13.7. The van der Waals surface area contributed by atoms with Crippen LogP contribution < -0.4 is 10.6 Å². The van der Waals surface area contributed by atoms with Crippen LogP contribution in [0.5, 0.6) is 0 Å². The quantitative estimate of drug-likeness (QED) is 0.226. The summed E-state index contributed by atoms with van der Waals surface area (Å²) in [6.07, 6.45) is 4.77. The first-order valence-corrected chi connectivity index (χ1v) is 10.6. The number of guanidine groups is 1. The van der Waals surface area contributed by atoms with E-state index in [1.165, 1.54) is 5.56 Å². The lowest BCUT2D eigenvalue weighted by atomic mass is 9.97. The summed E-state index contributed by atoms with van der Waals surface area (Å²) in [5, 5.41) is 7.08. The number of hydrogen-bond acceptors (Lipinski definition) is 4. The number of nitrogens with zero attached hydrogens (tertiary/aromatic N) is 2. The van der Waals surface area contributed by atoms with Crippen molar-refractivity contribution in [3.63, 3.8) is 0 Å². The van der Waals surface area contributed by atoms with Gasteiger partial charge in [0.25, 0.3) is 0 Å². The third-order valence-corrected chi connectivity index (χ3v) is 5.39. The van der Waals surface area contributed by atoms with Crippen molar-refractivity contribution in [1.29, 1.82) is 0 Å². The molecule has 1 aromatic carbocycles. The number of likely N-dealkylation sites (tertiary alicyclic amines) is 1. The summed E-state index contributed by atoms with van der Waals surface area (Å²) in [5.41, 5.74) is 1.38. The van der Waals surface area contributed by atoms with Crippen LogP contribution in [0.3, 0.4) is 0 Å². The first-order valence-electron chi connectivity index (χ1n) is 10.6. The summed E-state index contributed by atoms with van der Waals surface area (Å²) < 4.78 is 10.6. The number of aliphatic imine (C=N–C) groups is 1. The molecule has 0 saturated carbocycles. The fourth-order valence-corrected chi connectivity index (χ4v) is 3.76. The molecule has 1 saturated heterocycles. The number of nitrogens with one attached hydrogen (secondary N) is 2. The van der Waals surface area contributed by atoms with E-state index in [-0.39, 0.29) is 24.0 Å². The maximum atomic E-state index is 5.41. The molecule has 7 heteroatoms. The highest BCUT2D eigenvalue weighted by atomic mass is 127. The smallest absolute Gasteiger partial charge is 0.191 e. The van der Waals surface area contributed by atoms with Crippen LogP contribution in [-0.4, -0.2) is 56.3 Å². The predicted octanol–water partition coefficient (Wildman–Crippen LogP) is 3.67. The molecule has 1 fully saturated rings. The average Bonchev–Trinajstić information content (AvgIpc) is 3.24. The Morgan fingerprint density at radius 1 is 1.23 bits per heavy atom. The molecule has 1 aliphatic rings. The largest absolute Gasteiger partial charge is 0.469 e. The Hall–Kier alpha value is -1.58. The number of piperidine rings is 1. The second-order valence-corrected chi connectivity index (χ2v) is 7.65. The second-order valence-electron chi connectivity index (χ2n) is 7.65. The molecular weight excluding hydrogens is 491 g/mol. The number of halogens is 1. The summed E-state index contributed by atoms with van der Waals surface area (Å²) in [5.74, 6) is 1.85. The van der Waals surface area contributed by atoms with Crippen molar-refractivity contribution in [3.05, 3.63) is 60.1 Å². The van der Waals surface area contributed by atoms with E-state index in [0.29, 0.717) is 25.2 Å². The zero-order valence-electron chi connectivity index (χ0n) is 18.0. The number of hydrogen-bond donors (Lipinski definition) is 2. The van der Waals surface area contributed by atoms with Gasteiger partial charge in [0.1, 0.15) is 5.76 Å². The molecule has 6 nitrogen and oxygen atoms in total. The minimum Gasteiger partial charge on any atom is -0.469 e. The Labute approximate surface area is 197 Å². The third kappa shape index (κ3) is 8.28. The van der Waals surface area contributed by atoms with Gasteiger partial charge in [0.05, 0.1) is 19.4 Å². The van der Waals surface area contributed by atoms with E-state index in [2.05, 4.69) is 57.8 Å². The zero-order chi connectivity index (χ0) is 20.3. The molecule has 2 N–H and O–H groups in total. The fraction of sp³-hybridized carbons (Fsp3) is 0.522. The summed E-state index contributed by atoms with van der Waals surface area (Å²) >= 11 is 0. The Bertz CT molecular complexity index is 724. The molecule has 2 heterocycles. The standard InChI is InChI=1S/C23H34N4O2.HI/c1-19-17-21(11-14-27(19)18-20-7-4-3-5-8-20)26-23(25-13-16-28-2)24-12-10-22-9-6-15-29-22;/h3-9,15,19,21H,10-14,16-18H2,1-2H3,(H2,24,25,26);1H. The van der Waals surface area contributed by atoms with E-state index >= 15 is 0 Å². The first-order chi connectivity index (χ1) is 14.2. The van der Waals surface area contributed by atoms with Gasteiger partial charge in [0.15, 0.2) is 5.96 Å². The van der Waals surface area contributed by atoms with E-state index in [9.17, 15) is 0 Å². The molecule has 2 unspecified atom stereocenters. The molecule has 0 spiro atoms. The van der Waals surface area contributed by atoms with Crippen LogP contribution >= 0.6 is 24.0 Å². The molecule has 0 amide bonds. The van der Waals surface area contributed by atoms with Gasteiger partial charge in [0, 0.05) is 45.2 Å². The zero-order valence-corrected chi connectivity index (χ0v) is 20.4. The van der Waals surface area contributed by atoms with Crippen molar-refractivity contribution in [1.82, 2.24) is 15.5 Å². The lowest BCUT2D eigenvalue weighted by Gasteiger charge is -2.38. The van der Waals surface area contributed by atoms with E-state index in [4.69, 9.17) is 9.15 Å². The van der Waals surface area contributed by atoms with E-state index in [1.807, 2.05) is 12.1 Å². The van der Waals surface area contributed by atoms with Gasteiger partial charge in [-0.2, -0.15) is 0 Å². The molecule has 2 aromatic rings. The molecule has 30 heavy (non-hydrogen) atoms. The van der Waals surface area contributed by atoms with Crippen LogP contribution in [0.4, 0.5) is 0 Å². The van der Waals surface area contributed by atoms with E-state index in [1.54, 1.807) is 13.4 Å². The predicted molar refractivity (Wildman–Crippen MR) is 132 cm³/mol. The molecule has 0 aliphatic carbocycles. The van der Waals surface area contributed by atoms with Gasteiger partial charge < -0.3 is 19.8 Å². The van der Waals surface area contributed by atoms with Gasteiger partial charge in [-0.1, -0.05) is 30.3 Å². The van der Waals surface area contributed by atoms with Gasteiger partial charge in [-0.15, -0.1) is 24.0 Å². The third-order valence-electron chi connectivity index (χ3n) is 5.39. The van der Waals surface area contributed by atoms with E-state index < -0.39 is 0 Å². The van der Waals surface area contributed by atoms with Gasteiger partial charge in [-0.05, 0) is 37.5 Å². The molecule has 0 radical (unpaired) electrons. The average molecular weight is 526 g/mol. The number of methoxy groups -OCH3 is 1.